The highest BCUT2D eigenvalue weighted by molar-refractivity contribution is 6.31. The van der Waals surface area contributed by atoms with Crippen molar-refractivity contribution >= 4 is 35.2 Å². The highest BCUT2D eigenvalue weighted by Gasteiger charge is 2.18. The van der Waals surface area contributed by atoms with Crippen LogP contribution in [0.25, 0.3) is 11.6 Å². The Kier molecular flexibility index (Phi) is 5.03. The zero-order chi connectivity index (χ0) is 17.0. The maximum atomic E-state index is 11.7. The summed E-state index contributed by atoms with van der Waals surface area (Å²) < 4.78 is 5.17. The molecule has 0 unspecified atom stereocenters. The number of benzene rings is 2. The normalized spacial score (nSPS) is 11.1. The molecule has 0 aliphatic carbocycles. The fraction of sp³-hybridized carbons (Fsp3) is 0.0588. The van der Waals surface area contributed by atoms with Gasteiger partial charge in [-0.1, -0.05) is 29.8 Å². The third-order valence-corrected chi connectivity index (χ3v) is 3.41. The van der Waals surface area contributed by atoms with Crippen molar-refractivity contribution in [2.24, 2.45) is 0 Å². The molecule has 0 aliphatic rings. The third kappa shape index (κ3) is 3.70. The predicted molar refractivity (Wildman–Crippen MR) is 86.9 cm³/mol. The van der Waals surface area contributed by atoms with Crippen molar-refractivity contribution in [2.45, 2.75) is 0 Å². The summed E-state index contributed by atoms with van der Waals surface area (Å²) in [6, 6.07) is 10.7. The van der Waals surface area contributed by atoms with Crippen molar-refractivity contribution < 1.29 is 24.5 Å². The van der Waals surface area contributed by atoms with Crippen molar-refractivity contribution in [1.82, 2.24) is 0 Å². The Hall–Kier alpha value is -2.79. The van der Waals surface area contributed by atoms with E-state index in [1.807, 2.05) is 0 Å². The summed E-state index contributed by atoms with van der Waals surface area (Å²) >= 11 is 5.94. The van der Waals surface area contributed by atoms with E-state index in [0.29, 0.717) is 10.8 Å². The summed E-state index contributed by atoms with van der Waals surface area (Å²) in [6.07, 6.45) is 1.29. The lowest BCUT2D eigenvalue weighted by atomic mass is 9.99. The van der Waals surface area contributed by atoms with Gasteiger partial charge in [0.15, 0.2) is 0 Å². The summed E-state index contributed by atoms with van der Waals surface area (Å²) in [7, 11) is 1.41. The topological polar surface area (TPSA) is 83.8 Å². The van der Waals surface area contributed by atoms with Crippen molar-refractivity contribution in [3.05, 3.63) is 64.2 Å². The van der Waals surface area contributed by atoms with Crippen LogP contribution >= 0.6 is 11.6 Å². The number of hydrogen-bond acceptors (Lipinski definition) is 3. The van der Waals surface area contributed by atoms with Crippen molar-refractivity contribution in [3.63, 3.8) is 0 Å². The Balaban J connectivity index is 2.68. The predicted octanol–water partition coefficient (Wildman–Crippen LogP) is 3.67. The molecule has 0 amide bonds. The lowest BCUT2D eigenvalue weighted by Gasteiger charge is -2.10. The van der Waals surface area contributed by atoms with E-state index in [2.05, 4.69) is 0 Å². The molecule has 5 nitrogen and oxygen atoms in total. The van der Waals surface area contributed by atoms with Gasteiger partial charge < -0.3 is 14.9 Å². The van der Waals surface area contributed by atoms with E-state index in [0.717, 1.165) is 0 Å². The summed E-state index contributed by atoms with van der Waals surface area (Å²) in [5, 5.41) is 19.1. The maximum absolute atomic E-state index is 11.7. The van der Waals surface area contributed by atoms with Crippen LogP contribution in [0.5, 0.6) is 5.75 Å². The molecule has 2 aromatic carbocycles. The van der Waals surface area contributed by atoms with Crippen LogP contribution < -0.4 is 4.74 Å². The van der Waals surface area contributed by atoms with Gasteiger partial charge in [0, 0.05) is 10.6 Å². The Morgan fingerprint density at radius 2 is 1.78 bits per heavy atom. The first-order valence-corrected chi connectivity index (χ1v) is 6.93. The minimum Gasteiger partial charge on any atom is -0.496 e. The fourth-order valence-corrected chi connectivity index (χ4v) is 2.29. The Morgan fingerprint density at radius 3 is 2.39 bits per heavy atom. The molecule has 0 saturated carbocycles. The zero-order valence-electron chi connectivity index (χ0n) is 12.1. The van der Waals surface area contributed by atoms with Crippen LogP contribution in [0.4, 0.5) is 0 Å². The first kappa shape index (κ1) is 16.6. The SMILES string of the molecule is COc1ccc(Cl)cc1/C(=C/c1ccccc1C(=O)O)C(=O)O. The van der Waals surface area contributed by atoms with Crippen LogP contribution in [0, 0.1) is 0 Å². The van der Waals surface area contributed by atoms with Gasteiger partial charge in [-0.15, -0.1) is 0 Å². The van der Waals surface area contributed by atoms with Crippen molar-refractivity contribution in [2.75, 3.05) is 7.11 Å². The number of rotatable bonds is 5. The molecule has 0 heterocycles. The fourth-order valence-electron chi connectivity index (χ4n) is 2.12. The van der Waals surface area contributed by atoms with E-state index in [4.69, 9.17) is 16.3 Å². The average Bonchev–Trinajstić information content (AvgIpc) is 2.52. The number of aliphatic carboxylic acids is 1. The molecular weight excluding hydrogens is 320 g/mol. The smallest absolute Gasteiger partial charge is 0.336 e. The average molecular weight is 333 g/mol. The molecule has 23 heavy (non-hydrogen) atoms. The van der Waals surface area contributed by atoms with Gasteiger partial charge in [-0.05, 0) is 35.9 Å². The first-order valence-electron chi connectivity index (χ1n) is 6.55. The molecule has 2 rings (SSSR count). The summed E-state index contributed by atoms with van der Waals surface area (Å²) in [5.74, 6) is -2.03. The number of carboxylic acid groups (broad SMARTS) is 2. The number of methoxy groups -OCH3 is 1. The largest absolute Gasteiger partial charge is 0.496 e. The van der Waals surface area contributed by atoms with Crippen LogP contribution in [-0.2, 0) is 4.79 Å². The summed E-state index contributed by atoms with van der Waals surface area (Å²) in [4.78, 5) is 22.9. The number of carbonyl (C=O) groups is 2. The highest BCUT2D eigenvalue weighted by Crippen LogP contribution is 2.31. The standard InChI is InChI=1S/C17H13ClO5/c1-23-15-7-6-11(18)9-13(15)14(17(21)22)8-10-4-2-3-5-12(10)16(19)20/h2-9H,1H3,(H,19,20)(H,21,22)/b14-8-. The van der Waals surface area contributed by atoms with Gasteiger partial charge in [-0.2, -0.15) is 0 Å². The molecule has 0 saturated heterocycles. The van der Waals surface area contributed by atoms with E-state index in [-0.39, 0.29) is 22.3 Å². The van der Waals surface area contributed by atoms with Gasteiger partial charge in [-0.3, -0.25) is 0 Å². The van der Waals surface area contributed by atoms with Gasteiger partial charge in [0.05, 0.1) is 18.2 Å². The molecule has 0 spiro atoms. The van der Waals surface area contributed by atoms with E-state index in [1.54, 1.807) is 24.3 Å². The zero-order valence-corrected chi connectivity index (χ0v) is 12.9. The van der Waals surface area contributed by atoms with E-state index in [1.165, 1.54) is 31.4 Å². The molecule has 0 fully saturated rings. The molecule has 0 atom stereocenters. The maximum Gasteiger partial charge on any atom is 0.336 e. The van der Waals surface area contributed by atoms with Crippen LogP contribution in [-0.4, -0.2) is 29.3 Å². The van der Waals surface area contributed by atoms with Crippen LogP contribution in [0.2, 0.25) is 5.02 Å². The molecule has 2 N–H and O–H groups in total. The van der Waals surface area contributed by atoms with Gasteiger partial charge in [0.1, 0.15) is 5.75 Å². The number of ether oxygens (including phenoxy) is 1. The Labute approximate surface area is 137 Å². The first-order chi connectivity index (χ1) is 10.9. The van der Waals surface area contributed by atoms with Gasteiger partial charge in [0.2, 0.25) is 0 Å². The molecule has 118 valence electrons. The quantitative estimate of drug-likeness (QED) is 0.644. The number of carboxylic acids is 2. The second kappa shape index (κ2) is 6.98. The molecule has 0 aliphatic heterocycles. The van der Waals surface area contributed by atoms with E-state index in [9.17, 15) is 19.8 Å². The molecule has 0 radical (unpaired) electrons. The Morgan fingerprint density at radius 1 is 1.09 bits per heavy atom. The molecule has 0 aromatic heterocycles. The number of aromatic carboxylic acids is 1. The van der Waals surface area contributed by atoms with Gasteiger partial charge in [-0.25, -0.2) is 9.59 Å². The minimum absolute atomic E-state index is 0.00671. The van der Waals surface area contributed by atoms with Gasteiger partial charge >= 0.3 is 11.9 Å². The lowest BCUT2D eigenvalue weighted by molar-refractivity contribution is -0.130. The molecule has 6 heteroatoms. The van der Waals surface area contributed by atoms with Gasteiger partial charge in [0.25, 0.3) is 0 Å². The summed E-state index contributed by atoms with van der Waals surface area (Å²) in [5.41, 5.74) is 0.442. The molecule has 0 bridgehead atoms. The third-order valence-electron chi connectivity index (χ3n) is 3.17. The second-order valence-electron chi connectivity index (χ2n) is 4.60. The van der Waals surface area contributed by atoms with E-state index >= 15 is 0 Å². The number of halogens is 1. The van der Waals surface area contributed by atoms with Crippen molar-refractivity contribution in [1.29, 1.82) is 0 Å². The van der Waals surface area contributed by atoms with Crippen LogP contribution in [0.1, 0.15) is 21.5 Å². The Bertz CT molecular complexity index is 795. The minimum atomic E-state index is -1.22. The molecule has 2 aromatic rings. The monoisotopic (exact) mass is 332 g/mol. The second-order valence-corrected chi connectivity index (χ2v) is 5.04. The van der Waals surface area contributed by atoms with E-state index < -0.39 is 11.9 Å². The number of hydrogen-bond donors (Lipinski definition) is 2. The summed E-state index contributed by atoms with van der Waals surface area (Å²) in [6.45, 7) is 0. The molecular formula is C17H13ClO5. The lowest BCUT2D eigenvalue weighted by Crippen LogP contribution is -2.04. The van der Waals surface area contributed by atoms with Crippen LogP contribution in [0.3, 0.4) is 0 Å². The van der Waals surface area contributed by atoms with Crippen LogP contribution in [0.15, 0.2) is 42.5 Å². The highest BCUT2D eigenvalue weighted by atomic mass is 35.5. The van der Waals surface area contributed by atoms with Crippen molar-refractivity contribution in [3.8, 4) is 5.75 Å².